The van der Waals surface area contributed by atoms with Crippen LogP contribution in [0.4, 0.5) is 0 Å². The molecule has 0 fully saturated rings. The first kappa shape index (κ1) is 8.88. The van der Waals surface area contributed by atoms with E-state index < -0.39 is 0 Å². The summed E-state index contributed by atoms with van der Waals surface area (Å²) >= 11 is 0.230. The number of hydrogen-bond acceptors (Lipinski definition) is 2. The second-order valence-electron chi connectivity index (χ2n) is 1.40. The van der Waals surface area contributed by atoms with Gasteiger partial charge in [0, 0.05) is 12.4 Å². The Morgan fingerprint density at radius 3 is 1.67 bits per heavy atom. The molecule has 0 saturated carbocycles. The summed E-state index contributed by atoms with van der Waals surface area (Å²) in [6, 6.07) is 1.78. The average Bonchev–Trinajstić information content (AvgIpc) is 1.93. The smallest absolute Gasteiger partial charge is 0.115 e. The molecule has 0 saturated heterocycles. The quantitative estimate of drug-likeness (QED) is 0.625. The van der Waals surface area contributed by atoms with Gasteiger partial charge in [0.2, 0.25) is 0 Å². The minimum atomic E-state index is 0.230. The second-order valence-corrected chi connectivity index (χ2v) is 4.26. The summed E-state index contributed by atoms with van der Waals surface area (Å²) in [7, 11) is 0. The number of hydrogen-bond donors (Lipinski definition) is 0. The molecule has 0 bridgehead atoms. The Bertz CT molecular complexity index is 93.9. The van der Waals surface area contributed by atoms with Gasteiger partial charge in [0.05, 0.1) is 0 Å². The molecule has 0 aliphatic carbocycles. The van der Waals surface area contributed by atoms with Crippen molar-refractivity contribution in [3.63, 3.8) is 0 Å². The molecule has 0 amide bonds. The van der Waals surface area contributed by atoms with E-state index >= 15 is 0 Å². The fraction of sp³-hybridized carbons (Fsp3) is 0.333. The third kappa shape index (κ3) is 7.88. The zero-order chi connectivity index (χ0) is 6.95. The summed E-state index contributed by atoms with van der Waals surface area (Å²) in [6.07, 6.45) is 4.88. The van der Waals surface area contributed by atoms with E-state index in [4.69, 9.17) is 0 Å². The van der Waals surface area contributed by atoms with Crippen LogP contribution in [0, 0.1) is 0 Å². The molecule has 0 aliphatic heterocycles. The van der Waals surface area contributed by atoms with Gasteiger partial charge in [0.1, 0.15) is 6.33 Å². The van der Waals surface area contributed by atoms with Crippen LogP contribution in [0.1, 0.15) is 0 Å². The zero-order valence-electron chi connectivity index (χ0n) is 5.70. The zero-order valence-corrected chi connectivity index (χ0v) is 8.56. The van der Waals surface area contributed by atoms with Crippen molar-refractivity contribution in [2.75, 3.05) is 0 Å². The van der Waals surface area contributed by atoms with Gasteiger partial charge >= 0.3 is 31.0 Å². The van der Waals surface area contributed by atoms with Crippen molar-refractivity contribution in [2.45, 2.75) is 9.88 Å². The van der Waals surface area contributed by atoms with Crippen molar-refractivity contribution in [2.24, 2.45) is 0 Å². The molecule has 0 aliphatic rings. The average molecular weight is 229 g/mol. The molecular weight excluding hydrogens is 219 g/mol. The van der Waals surface area contributed by atoms with E-state index in [1.54, 1.807) is 18.5 Å². The number of rotatable bonds is 0. The van der Waals surface area contributed by atoms with Crippen LogP contribution in [0.15, 0.2) is 24.8 Å². The third-order valence-corrected chi connectivity index (χ3v) is 0.478. The van der Waals surface area contributed by atoms with E-state index in [1.165, 1.54) is 6.33 Å². The van der Waals surface area contributed by atoms with E-state index in [2.05, 4.69) is 19.8 Å². The van der Waals surface area contributed by atoms with Crippen LogP contribution >= 0.6 is 0 Å². The van der Waals surface area contributed by atoms with Gasteiger partial charge < -0.3 is 0 Å². The minimum Gasteiger partial charge on any atom is -0.245 e. The molecule has 1 heterocycles. The van der Waals surface area contributed by atoms with Crippen LogP contribution in [0.3, 0.4) is 0 Å². The summed E-state index contributed by atoms with van der Waals surface area (Å²) in [5.74, 6) is 0. The molecule has 9 heavy (non-hydrogen) atoms. The van der Waals surface area contributed by atoms with E-state index in [0.29, 0.717) is 0 Å². The summed E-state index contributed by atoms with van der Waals surface area (Å²) in [5, 5.41) is 0. The van der Waals surface area contributed by atoms with Gasteiger partial charge in [-0.25, -0.2) is 9.97 Å². The van der Waals surface area contributed by atoms with Crippen LogP contribution in [0.25, 0.3) is 0 Å². The van der Waals surface area contributed by atoms with Crippen molar-refractivity contribution in [3.8, 4) is 0 Å². The maximum Gasteiger partial charge on any atom is 0.115 e. The normalized spacial score (nSPS) is 7.33. The summed E-state index contributed by atoms with van der Waals surface area (Å²) < 4.78 is 0. The molecule has 0 N–H and O–H groups in total. The first-order valence-corrected chi connectivity index (χ1v) is 8.41. The Labute approximate surface area is 66.0 Å². The fourth-order valence-corrected chi connectivity index (χ4v) is 0.253. The standard InChI is InChI=1S/C4H4N2.2CH3.Sn/c1-2-5-4-6-3-1;;;/h1-4H;2*1H3;. The molecular formula is C6H10N2Sn. The molecule has 3 heteroatoms. The fourth-order valence-electron chi connectivity index (χ4n) is 0.253. The van der Waals surface area contributed by atoms with E-state index in [1.807, 2.05) is 0 Å². The van der Waals surface area contributed by atoms with Gasteiger partial charge in [-0.2, -0.15) is 0 Å². The van der Waals surface area contributed by atoms with Gasteiger partial charge in [-0.1, -0.05) is 0 Å². The summed E-state index contributed by atoms with van der Waals surface area (Å²) in [5.41, 5.74) is 0. The molecule has 0 unspecified atom stereocenters. The van der Waals surface area contributed by atoms with Crippen LogP contribution in [0.2, 0.25) is 9.88 Å². The third-order valence-electron chi connectivity index (χ3n) is 0.478. The molecule has 0 aromatic carbocycles. The first-order valence-electron chi connectivity index (χ1n) is 2.70. The summed E-state index contributed by atoms with van der Waals surface area (Å²) in [4.78, 5) is 11.9. The summed E-state index contributed by atoms with van der Waals surface area (Å²) in [6.45, 7) is 0. The van der Waals surface area contributed by atoms with Gasteiger partial charge in [0.15, 0.2) is 0 Å². The van der Waals surface area contributed by atoms with Gasteiger partial charge in [-0.15, -0.1) is 0 Å². The second kappa shape index (κ2) is 7.88. The minimum absolute atomic E-state index is 0.230. The Morgan fingerprint density at radius 2 is 1.56 bits per heavy atom. The van der Waals surface area contributed by atoms with Crippen molar-refractivity contribution in [3.05, 3.63) is 24.8 Å². The molecule has 0 spiro atoms. The van der Waals surface area contributed by atoms with Gasteiger partial charge in [0.25, 0.3) is 0 Å². The van der Waals surface area contributed by atoms with Crippen LogP contribution in [-0.2, 0) is 0 Å². The van der Waals surface area contributed by atoms with E-state index in [0.717, 1.165) is 0 Å². The monoisotopic (exact) mass is 230 g/mol. The SMILES string of the molecule is [CH3][Sn][CH3].c1cncnc1. The number of aromatic nitrogens is 2. The van der Waals surface area contributed by atoms with E-state index in [9.17, 15) is 0 Å². The molecule has 1 aromatic heterocycles. The predicted octanol–water partition coefficient (Wildman–Crippen LogP) is 1.26. The molecule has 0 atom stereocenters. The van der Waals surface area contributed by atoms with Crippen LogP contribution in [0.5, 0.6) is 0 Å². The Morgan fingerprint density at radius 1 is 1.11 bits per heavy atom. The molecule has 2 nitrogen and oxygen atoms in total. The molecule has 2 radical (unpaired) electrons. The maximum absolute atomic E-state index is 3.67. The maximum atomic E-state index is 3.67. The Hall–Kier alpha value is -0.121. The van der Waals surface area contributed by atoms with Crippen LogP contribution in [-0.4, -0.2) is 31.1 Å². The van der Waals surface area contributed by atoms with E-state index in [-0.39, 0.29) is 21.1 Å². The van der Waals surface area contributed by atoms with Crippen molar-refractivity contribution in [1.82, 2.24) is 9.97 Å². The Kier molecular flexibility index (Phi) is 7.77. The molecule has 1 aromatic rings. The first-order chi connectivity index (χ1) is 4.41. The number of nitrogens with zero attached hydrogens (tertiary/aromatic N) is 2. The van der Waals surface area contributed by atoms with Gasteiger partial charge in [-0.3, -0.25) is 0 Å². The van der Waals surface area contributed by atoms with Gasteiger partial charge in [-0.05, 0) is 6.07 Å². The van der Waals surface area contributed by atoms with Crippen molar-refractivity contribution < 1.29 is 0 Å². The topological polar surface area (TPSA) is 25.8 Å². The molecule has 48 valence electrons. The van der Waals surface area contributed by atoms with Crippen LogP contribution < -0.4 is 0 Å². The predicted molar refractivity (Wildman–Crippen MR) is 39.5 cm³/mol. The largest absolute Gasteiger partial charge is 0.245 e. The van der Waals surface area contributed by atoms with Crippen molar-refractivity contribution >= 4 is 21.1 Å². The Balaban J connectivity index is 0.000000187. The molecule has 1 rings (SSSR count). The van der Waals surface area contributed by atoms with Crippen molar-refractivity contribution in [1.29, 1.82) is 0 Å².